The summed E-state index contributed by atoms with van der Waals surface area (Å²) in [4.78, 5) is 16.6. The Bertz CT molecular complexity index is 867. The number of carbonyl (C=O) groups is 1. The van der Waals surface area contributed by atoms with Crippen LogP contribution in [0.1, 0.15) is 21.6 Å². The fourth-order valence-corrected chi connectivity index (χ4v) is 3.14. The maximum Gasteiger partial charge on any atom is 0.253 e. The predicted molar refractivity (Wildman–Crippen MR) is 92.5 cm³/mol. The quantitative estimate of drug-likeness (QED) is 0.878. The molecule has 128 valence electrons. The van der Waals surface area contributed by atoms with E-state index in [0.29, 0.717) is 0 Å². The van der Waals surface area contributed by atoms with E-state index >= 15 is 0 Å². The van der Waals surface area contributed by atoms with Crippen LogP contribution in [0, 0.1) is 6.92 Å². The highest BCUT2D eigenvalue weighted by Crippen LogP contribution is 2.22. The molecule has 0 saturated carbocycles. The van der Waals surface area contributed by atoms with Crippen molar-refractivity contribution in [2.75, 3.05) is 14.1 Å². The van der Waals surface area contributed by atoms with E-state index in [1.807, 2.05) is 19.1 Å². The maximum absolute atomic E-state index is 12.4. The molecule has 0 atom stereocenters. The largest absolute Gasteiger partial charge is 0.346 e. The minimum atomic E-state index is -3.64. The first kappa shape index (κ1) is 18.4. The van der Waals surface area contributed by atoms with Crippen molar-refractivity contribution < 1.29 is 13.2 Å². The van der Waals surface area contributed by atoms with Crippen LogP contribution in [-0.2, 0) is 16.6 Å². The number of amides is 1. The van der Waals surface area contributed by atoms with E-state index in [9.17, 15) is 13.2 Å². The Morgan fingerprint density at radius 2 is 2.00 bits per heavy atom. The molecule has 2 aromatic rings. The molecule has 0 radical (unpaired) electrons. The van der Waals surface area contributed by atoms with Gasteiger partial charge in [0.25, 0.3) is 5.91 Å². The number of hydrogen-bond donors (Lipinski definition) is 1. The SMILES string of the molecule is Cc1cccnc1CNC(=O)c1cc(S(=O)(=O)N(C)C)ccc1Cl. The van der Waals surface area contributed by atoms with E-state index in [4.69, 9.17) is 11.6 Å². The van der Waals surface area contributed by atoms with Crippen LogP contribution in [0.15, 0.2) is 41.4 Å². The number of carbonyl (C=O) groups excluding carboxylic acids is 1. The lowest BCUT2D eigenvalue weighted by atomic mass is 10.2. The number of aryl methyl sites for hydroxylation is 1. The fraction of sp³-hybridized carbons (Fsp3) is 0.250. The van der Waals surface area contributed by atoms with Crippen molar-refractivity contribution in [2.24, 2.45) is 0 Å². The van der Waals surface area contributed by atoms with Crippen LogP contribution in [0.5, 0.6) is 0 Å². The van der Waals surface area contributed by atoms with Gasteiger partial charge in [0.1, 0.15) is 0 Å². The first-order chi connectivity index (χ1) is 11.2. The Labute approximate surface area is 146 Å². The Morgan fingerprint density at radius 3 is 2.62 bits per heavy atom. The van der Waals surface area contributed by atoms with Crippen molar-refractivity contribution in [3.63, 3.8) is 0 Å². The van der Waals surface area contributed by atoms with Gasteiger partial charge < -0.3 is 5.32 Å². The van der Waals surface area contributed by atoms with Crippen LogP contribution in [0.4, 0.5) is 0 Å². The third kappa shape index (κ3) is 3.92. The summed E-state index contributed by atoms with van der Waals surface area (Å²) in [6, 6.07) is 7.76. The molecule has 1 aromatic heterocycles. The minimum Gasteiger partial charge on any atom is -0.346 e. The van der Waals surface area contributed by atoms with Gasteiger partial charge in [-0.3, -0.25) is 9.78 Å². The number of benzene rings is 1. The summed E-state index contributed by atoms with van der Waals surface area (Å²) in [5.41, 5.74) is 1.79. The molecule has 0 bridgehead atoms. The number of nitrogens with zero attached hydrogens (tertiary/aromatic N) is 2. The van der Waals surface area contributed by atoms with Gasteiger partial charge >= 0.3 is 0 Å². The van der Waals surface area contributed by atoms with Crippen LogP contribution in [0.2, 0.25) is 5.02 Å². The molecule has 2 rings (SSSR count). The highest BCUT2D eigenvalue weighted by molar-refractivity contribution is 7.89. The second-order valence-corrected chi connectivity index (χ2v) is 7.94. The third-order valence-corrected chi connectivity index (χ3v) is 5.64. The Hall–Kier alpha value is -1.96. The Morgan fingerprint density at radius 1 is 1.29 bits per heavy atom. The number of aromatic nitrogens is 1. The molecule has 0 aliphatic rings. The number of rotatable bonds is 5. The average molecular weight is 368 g/mol. The normalized spacial score (nSPS) is 11.5. The standard InChI is InChI=1S/C16H18ClN3O3S/c1-11-5-4-8-18-15(11)10-19-16(21)13-9-12(6-7-14(13)17)24(22,23)20(2)3/h4-9H,10H2,1-3H3,(H,19,21). The summed E-state index contributed by atoms with van der Waals surface area (Å²) in [5.74, 6) is -0.458. The fourth-order valence-electron chi connectivity index (χ4n) is 2.01. The highest BCUT2D eigenvalue weighted by Gasteiger charge is 2.20. The number of halogens is 1. The average Bonchev–Trinajstić information content (AvgIpc) is 2.54. The molecule has 6 nitrogen and oxygen atoms in total. The van der Waals surface area contributed by atoms with Crippen molar-refractivity contribution in [1.29, 1.82) is 0 Å². The summed E-state index contributed by atoms with van der Waals surface area (Å²) in [6.45, 7) is 2.12. The molecule has 0 spiro atoms. The van der Waals surface area contributed by atoms with Gasteiger partial charge in [0, 0.05) is 20.3 Å². The summed E-state index contributed by atoms with van der Waals surface area (Å²) in [5, 5.41) is 2.89. The van der Waals surface area contributed by atoms with E-state index in [1.54, 1.807) is 6.20 Å². The number of nitrogens with one attached hydrogen (secondary N) is 1. The molecule has 1 heterocycles. The molecule has 0 fully saturated rings. The van der Waals surface area contributed by atoms with Crippen LogP contribution in [-0.4, -0.2) is 37.7 Å². The Kier molecular flexibility index (Phi) is 5.58. The topological polar surface area (TPSA) is 79.4 Å². The molecule has 24 heavy (non-hydrogen) atoms. The lowest BCUT2D eigenvalue weighted by Gasteiger charge is -2.13. The van der Waals surface area contributed by atoms with E-state index in [-0.39, 0.29) is 22.0 Å². The molecule has 0 aliphatic carbocycles. The van der Waals surface area contributed by atoms with Crippen LogP contribution >= 0.6 is 11.6 Å². The van der Waals surface area contributed by atoms with Gasteiger partial charge in [-0.1, -0.05) is 17.7 Å². The highest BCUT2D eigenvalue weighted by atomic mass is 35.5. The van der Waals surface area contributed by atoms with Gasteiger partial charge in [-0.25, -0.2) is 12.7 Å². The summed E-state index contributed by atoms with van der Waals surface area (Å²) < 4.78 is 25.4. The molecule has 8 heteroatoms. The third-order valence-electron chi connectivity index (χ3n) is 3.50. The van der Waals surface area contributed by atoms with Crippen molar-refractivity contribution in [3.05, 3.63) is 58.4 Å². The van der Waals surface area contributed by atoms with Crippen molar-refractivity contribution in [1.82, 2.24) is 14.6 Å². The van der Waals surface area contributed by atoms with Gasteiger partial charge in [-0.05, 0) is 36.8 Å². The summed E-state index contributed by atoms with van der Waals surface area (Å²) >= 11 is 6.05. The maximum atomic E-state index is 12.4. The zero-order valence-corrected chi connectivity index (χ0v) is 15.1. The molecule has 0 aliphatic heterocycles. The van der Waals surface area contributed by atoms with E-state index in [2.05, 4.69) is 10.3 Å². The van der Waals surface area contributed by atoms with E-state index in [1.165, 1.54) is 32.3 Å². The molecule has 0 unspecified atom stereocenters. The summed E-state index contributed by atoms with van der Waals surface area (Å²) in [7, 11) is -0.793. The molecule has 1 aromatic carbocycles. The minimum absolute atomic E-state index is 0.0102. The van der Waals surface area contributed by atoms with Gasteiger partial charge in [0.15, 0.2) is 0 Å². The second-order valence-electron chi connectivity index (χ2n) is 5.38. The van der Waals surface area contributed by atoms with Crippen LogP contribution < -0.4 is 5.32 Å². The number of sulfonamides is 1. The van der Waals surface area contributed by atoms with Gasteiger partial charge in [-0.15, -0.1) is 0 Å². The van der Waals surface area contributed by atoms with Crippen molar-refractivity contribution in [2.45, 2.75) is 18.4 Å². The lowest BCUT2D eigenvalue weighted by Crippen LogP contribution is -2.26. The summed E-state index contributed by atoms with van der Waals surface area (Å²) in [6.07, 6.45) is 1.64. The van der Waals surface area contributed by atoms with Crippen LogP contribution in [0.3, 0.4) is 0 Å². The van der Waals surface area contributed by atoms with Gasteiger partial charge in [-0.2, -0.15) is 0 Å². The number of pyridine rings is 1. The zero-order chi connectivity index (χ0) is 17.9. The predicted octanol–water partition coefficient (Wildman–Crippen LogP) is 2.22. The second kappa shape index (κ2) is 7.29. The first-order valence-corrected chi connectivity index (χ1v) is 8.96. The van der Waals surface area contributed by atoms with E-state index < -0.39 is 15.9 Å². The van der Waals surface area contributed by atoms with Gasteiger partial charge in [0.2, 0.25) is 10.0 Å². The monoisotopic (exact) mass is 367 g/mol. The van der Waals surface area contributed by atoms with Crippen LogP contribution in [0.25, 0.3) is 0 Å². The van der Waals surface area contributed by atoms with Crippen molar-refractivity contribution >= 4 is 27.5 Å². The smallest absolute Gasteiger partial charge is 0.253 e. The molecule has 1 N–H and O–H groups in total. The lowest BCUT2D eigenvalue weighted by molar-refractivity contribution is 0.0950. The Balaban J connectivity index is 2.25. The molecule has 1 amide bonds. The molecule has 0 saturated heterocycles. The first-order valence-electron chi connectivity index (χ1n) is 7.14. The zero-order valence-electron chi connectivity index (χ0n) is 13.6. The molecular weight excluding hydrogens is 350 g/mol. The molecular formula is C16H18ClN3O3S. The van der Waals surface area contributed by atoms with E-state index in [0.717, 1.165) is 15.6 Å². The number of hydrogen-bond acceptors (Lipinski definition) is 4. The van der Waals surface area contributed by atoms with Crippen molar-refractivity contribution in [3.8, 4) is 0 Å². The van der Waals surface area contributed by atoms with Gasteiger partial charge in [0.05, 0.1) is 27.7 Å².